The van der Waals surface area contributed by atoms with E-state index in [0.29, 0.717) is 5.56 Å². The monoisotopic (exact) mass is 392 g/mol. The van der Waals surface area contributed by atoms with Gasteiger partial charge in [-0.25, -0.2) is 9.59 Å². The minimum atomic E-state index is -1.27. The Balaban J connectivity index is 1.85. The van der Waals surface area contributed by atoms with Gasteiger partial charge in [0.05, 0.1) is 6.61 Å². The van der Waals surface area contributed by atoms with Crippen LogP contribution in [0.3, 0.4) is 0 Å². The number of rotatable bonds is 5. The smallest absolute Gasteiger partial charge is 0.352 e. The van der Waals surface area contributed by atoms with Gasteiger partial charge >= 0.3 is 17.9 Å². The fourth-order valence-electron chi connectivity index (χ4n) is 3.66. The number of esters is 3. The third-order valence-corrected chi connectivity index (χ3v) is 4.96. The first-order valence-corrected chi connectivity index (χ1v) is 9.55. The van der Waals surface area contributed by atoms with E-state index in [1.165, 1.54) is 0 Å². The molecular formula is C23H20O6. The third kappa shape index (κ3) is 3.66. The van der Waals surface area contributed by atoms with Gasteiger partial charge in [0.15, 0.2) is 6.10 Å². The van der Waals surface area contributed by atoms with Gasteiger partial charge in [-0.2, -0.15) is 0 Å². The molecule has 0 aromatic heterocycles. The number of fused-ring (bicyclic) bond motifs is 2. The summed E-state index contributed by atoms with van der Waals surface area (Å²) in [6.45, 7) is 1.84. The summed E-state index contributed by atoms with van der Waals surface area (Å²) < 4.78 is 15.8. The maximum absolute atomic E-state index is 12.8. The normalized spacial score (nSPS) is 17.1. The maximum atomic E-state index is 12.8. The number of hydrogen-bond donors (Lipinski definition) is 0. The average molecular weight is 392 g/mol. The molecule has 0 N–H and O–H groups in total. The quantitative estimate of drug-likeness (QED) is 0.373. The number of carbonyl (C=O) groups excluding carboxylic acids is 3. The lowest BCUT2D eigenvalue weighted by atomic mass is 9.93. The van der Waals surface area contributed by atoms with E-state index in [-0.39, 0.29) is 19.4 Å². The fraction of sp³-hybridized carbons (Fsp3) is 0.261. The molecule has 0 aliphatic carbocycles. The molecular weight excluding hydrogens is 372 g/mol. The second-order valence-corrected chi connectivity index (χ2v) is 6.82. The largest absolute Gasteiger partial charge is 0.463 e. The Labute approximate surface area is 167 Å². The first kappa shape index (κ1) is 18.9. The highest BCUT2D eigenvalue weighted by Crippen LogP contribution is 2.35. The maximum Gasteiger partial charge on any atom is 0.352 e. The van der Waals surface area contributed by atoms with Crippen LogP contribution < -0.4 is 0 Å². The molecule has 6 nitrogen and oxygen atoms in total. The molecule has 0 spiro atoms. The summed E-state index contributed by atoms with van der Waals surface area (Å²) >= 11 is 0. The van der Waals surface area contributed by atoms with Crippen LogP contribution in [-0.4, -0.2) is 30.6 Å². The second-order valence-electron chi connectivity index (χ2n) is 6.82. The fourth-order valence-corrected chi connectivity index (χ4v) is 3.66. The van der Waals surface area contributed by atoms with Crippen LogP contribution in [0.5, 0.6) is 0 Å². The van der Waals surface area contributed by atoms with Crippen molar-refractivity contribution >= 4 is 39.5 Å². The van der Waals surface area contributed by atoms with Crippen molar-refractivity contribution in [1.29, 1.82) is 0 Å². The van der Waals surface area contributed by atoms with Crippen molar-refractivity contribution in [3.8, 4) is 0 Å². The number of ether oxygens (including phenoxy) is 3. The molecule has 1 heterocycles. The Morgan fingerprint density at radius 2 is 1.69 bits per heavy atom. The second kappa shape index (κ2) is 7.91. The molecule has 6 heteroatoms. The zero-order valence-electron chi connectivity index (χ0n) is 15.9. The van der Waals surface area contributed by atoms with Crippen molar-refractivity contribution in [3.63, 3.8) is 0 Å². The number of hydrogen-bond acceptors (Lipinski definition) is 6. The van der Waals surface area contributed by atoms with Crippen molar-refractivity contribution in [3.05, 3.63) is 60.2 Å². The summed E-state index contributed by atoms with van der Waals surface area (Å²) in [6, 6.07) is 17.2. The molecule has 0 unspecified atom stereocenters. The summed E-state index contributed by atoms with van der Waals surface area (Å²) in [7, 11) is 0. The standard InChI is InChI=1S/C23H20O6/c1-2-27-23(26)21(29-22(25)18-11-12-19(24)28-18)20-16-9-5-3-7-14(16)13-15-8-4-6-10-17(15)20/h3-10,13,18,21H,2,11-12H2,1H3/t18-,21+/m1/s1. The molecule has 0 bridgehead atoms. The summed E-state index contributed by atoms with van der Waals surface area (Å²) in [5.41, 5.74) is 0.565. The molecule has 4 rings (SSSR count). The van der Waals surface area contributed by atoms with Crippen molar-refractivity contribution in [1.82, 2.24) is 0 Å². The lowest BCUT2D eigenvalue weighted by molar-refractivity contribution is -0.175. The van der Waals surface area contributed by atoms with Crippen LogP contribution in [0.4, 0.5) is 0 Å². The van der Waals surface area contributed by atoms with E-state index in [2.05, 4.69) is 0 Å². The molecule has 3 aromatic rings. The highest BCUT2D eigenvalue weighted by atomic mass is 16.6. The predicted octanol–water partition coefficient (Wildman–Crippen LogP) is 3.85. The van der Waals surface area contributed by atoms with Gasteiger partial charge in [-0.05, 0) is 34.5 Å². The van der Waals surface area contributed by atoms with Crippen LogP contribution in [0.2, 0.25) is 0 Å². The van der Waals surface area contributed by atoms with Gasteiger partial charge in [-0.3, -0.25) is 4.79 Å². The predicted molar refractivity (Wildman–Crippen MR) is 106 cm³/mol. The highest BCUT2D eigenvalue weighted by molar-refractivity contribution is 6.05. The van der Waals surface area contributed by atoms with Gasteiger partial charge in [0.2, 0.25) is 6.10 Å². The molecule has 0 saturated carbocycles. The Bertz CT molecular complexity index is 1050. The van der Waals surface area contributed by atoms with Gasteiger partial charge in [-0.15, -0.1) is 0 Å². The van der Waals surface area contributed by atoms with Gasteiger partial charge < -0.3 is 14.2 Å². The van der Waals surface area contributed by atoms with E-state index in [1.54, 1.807) is 6.92 Å². The van der Waals surface area contributed by atoms with Crippen LogP contribution in [0.15, 0.2) is 54.6 Å². The zero-order chi connectivity index (χ0) is 20.4. The highest BCUT2D eigenvalue weighted by Gasteiger charge is 2.36. The third-order valence-electron chi connectivity index (χ3n) is 4.96. The Hall–Kier alpha value is -3.41. The molecule has 148 valence electrons. The van der Waals surface area contributed by atoms with E-state index >= 15 is 0 Å². The van der Waals surface area contributed by atoms with Crippen LogP contribution in [0, 0.1) is 0 Å². The molecule has 3 aromatic carbocycles. The molecule has 1 aliphatic rings. The molecule has 0 radical (unpaired) electrons. The van der Waals surface area contributed by atoms with E-state index in [0.717, 1.165) is 21.5 Å². The SMILES string of the molecule is CCOC(=O)[C@@H](OC(=O)[C@H]1CCC(=O)O1)c1c2ccccc2cc2ccccc12. The zero-order valence-corrected chi connectivity index (χ0v) is 15.9. The molecule has 0 amide bonds. The van der Waals surface area contributed by atoms with E-state index in [4.69, 9.17) is 14.2 Å². The van der Waals surface area contributed by atoms with Crippen LogP contribution in [0.25, 0.3) is 21.5 Å². The minimum absolute atomic E-state index is 0.147. The van der Waals surface area contributed by atoms with E-state index in [9.17, 15) is 14.4 Å². The topological polar surface area (TPSA) is 78.9 Å². The first-order valence-electron chi connectivity index (χ1n) is 9.55. The summed E-state index contributed by atoms with van der Waals surface area (Å²) in [4.78, 5) is 36.9. The summed E-state index contributed by atoms with van der Waals surface area (Å²) in [6.07, 6.45) is -1.87. The summed E-state index contributed by atoms with van der Waals surface area (Å²) in [5, 5.41) is 3.42. The van der Waals surface area contributed by atoms with Crippen molar-refractivity contribution in [2.24, 2.45) is 0 Å². The number of benzene rings is 3. The Kier molecular flexibility index (Phi) is 5.16. The van der Waals surface area contributed by atoms with Crippen LogP contribution in [-0.2, 0) is 28.6 Å². The van der Waals surface area contributed by atoms with Gasteiger partial charge in [0.1, 0.15) is 0 Å². The van der Waals surface area contributed by atoms with E-state index in [1.807, 2.05) is 54.6 Å². The molecule has 1 saturated heterocycles. The van der Waals surface area contributed by atoms with Crippen molar-refractivity contribution in [2.45, 2.75) is 32.0 Å². The van der Waals surface area contributed by atoms with Gasteiger partial charge in [0.25, 0.3) is 0 Å². The van der Waals surface area contributed by atoms with Crippen molar-refractivity contribution < 1.29 is 28.6 Å². The van der Waals surface area contributed by atoms with Crippen LogP contribution >= 0.6 is 0 Å². The molecule has 2 atom stereocenters. The minimum Gasteiger partial charge on any atom is -0.463 e. The lowest BCUT2D eigenvalue weighted by Crippen LogP contribution is -2.29. The molecule has 1 fully saturated rings. The van der Waals surface area contributed by atoms with Crippen LogP contribution in [0.1, 0.15) is 31.4 Å². The summed E-state index contributed by atoms with van der Waals surface area (Å²) in [5.74, 6) is -1.85. The number of carbonyl (C=O) groups is 3. The number of cyclic esters (lactones) is 1. The molecule has 29 heavy (non-hydrogen) atoms. The average Bonchev–Trinajstić information content (AvgIpc) is 3.17. The van der Waals surface area contributed by atoms with E-state index < -0.39 is 30.1 Å². The van der Waals surface area contributed by atoms with Gasteiger partial charge in [-0.1, -0.05) is 48.5 Å². The van der Waals surface area contributed by atoms with Gasteiger partial charge in [0, 0.05) is 18.4 Å². The van der Waals surface area contributed by atoms with Crippen molar-refractivity contribution in [2.75, 3.05) is 6.61 Å². The Morgan fingerprint density at radius 1 is 1.07 bits per heavy atom. The first-order chi connectivity index (χ1) is 14.1. The lowest BCUT2D eigenvalue weighted by Gasteiger charge is -2.22. The Morgan fingerprint density at radius 3 is 2.24 bits per heavy atom. The molecule has 1 aliphatic heterocycles.